The first-order valence-corrected chi connectivity index (χ1v) is 5.78. The van der Waals surface area contributed by atoms with Crippen LogP contribution in [0.4, 0.5) is 0 Å². The summed E-state index contributed by atoms with van der Waals surface area (Å²) in [6.07, 6.45) is 2.65. The number of benzene rings is 1. The van der Waals surface area contributed by atoms with Crippen molar-refractivity contribution in [1.29, 1.82) is 0 Å². The predicted octanol–water partition coefficient (Wildman–Crippen LogP) is 3.43. The average Bonchev–Trinajstić information content (AvgIpc) is 2.27. The third-order valence-electron chi connectivity index (χ3n) is 2.37. The molecule has 0 aromatic heterocycles. The van der Waals surface area contributed by atoms with Gasteiger partial charge in [-0.05, 0) is 25.5 Å². The van der Waals surface area contributed by atoms with Gasteiger partial charge in [0.15, 0.2) is 0 Å². The summed E-state index contributed by atoms with van der Waals surface area (Å²) in [5.41, 5.74) is 1.02. The summed E-state index contributed by atoms with van der Waals surface area (Å²) >= 11 is 0. The number of ketones is 1. The summed E-state index contributed by atoms with van der Waals surface area (Å²) in [6, 6.07) is 9.91. The molecule has 0 bridgehead atoms. The minimum Gasteiger partial charge on any atom is -0.300 e. The summed E-state index contributed by atoms with van der Waals surface area (Å²) < 4.78 is 0. The van der Waals surface area contributed by atoms with Crippen molar-refractivity contribution < 1.29 is 4.79 Å². The lowest BCUT2D eigenvalue weighted by Crippen LogP contribution is -2.03. The molecule has 0 radical (unpaired) electrons. The Morgan fingerprint density at radius 3 is 2.56 bits per heavy atom. The molecule has 0 fully saturated rings. The van der Waals surface area contributed by atoms with Crippen LogP contribution in [0.2, 0.25) is 0 Å². The maximum absolute atomic E-state index is 11.1. The Labute approximate surface area is 97.9 Å². The van der Waals surface area contributed by atoms with Crippen LogP contribution in [0.15, 0.2) is 30.3 Å². The quantitative estimate of drug-likeness (QED) is 0.702. The zero-order valence-corrected chi connectivity index (χ0v) is 9.99. The molecule has 0 spiro atoms. The fourth-order valence-corrected chi connectivity index (χ4v) is 1.63. The molecule has 0 saturated carbocycles. The number of Topliss-reactive ketones (excluding diaryl/α,β-unsaturated/α-hetero) is 1. The van der Waals surface area contributed by atoms with Crippen molar-refractivity contribution >= 4 is 5.78 Å². The first kappa shape index (κ1) is 12.5. The Balaban J connectivity index is 2.67. The van der Waals surface area contributed by atoms with E-state index in [9.17, 15) is 4.79 Å². The number of hydrogen-bond acceptors (Lipinski definition) is 1. The van der Waals surface area contributed by atoms with Crippen molar-refractivity contribution in [2.45, 2.75) is 33.1 Å². The molecule has 0 N–H and O–H groups in total. The topological polar surface area (TPSA) is 17.1 Å². The first-order chi connectivity index (χ1) is 7.72. The molecule has 16 heavy (non-hydrogen) atoms. The van der Waals surface area contributed by atoms with E-state index in [0.29, 0.717) is 6.42 Å². The van der Waals surface area contributed by atoms with Crippen LogP contribution >= 0.6 is 0 Å². The van der Waals surface area contributed by atoms with Crippen LogP contribution in [0.3, 0.4) is 0 Å². The molecule has 1 nitrogen and oxygen atoms in total. The SMILES string of the molecule is CCCC(C#Cc1ccccc1)CC(C)=O. The van der Waals surface area contributed by atoms with E-state index in [4.69, 9.17) is 0 Å². The lowest BCUT2D eigenvalue weighted by Gasteiger charge is -2.05. The number of carbonyl (C=O) groups is 1. The third kappa shape index (κ3) is 4.79. The van der Waals surface area contributed by atoms with Crippen molar-refractivity contribution in [2.24, 2.45) is 5.92 Å². The normalized spacial score (nSPS) is 11.4. The zero-order valence-electron chi connectivity index (χ0n) is 9.99. The second kappa shape index (κ2) is 6.85. The third-order valence-corrected chi connectivity index (χ3v) is 2.37. The van der Waals surface area contributed by atoms with Crippen molar-refractivity contribution in [1.82, 2.24) is 0 Å². The van der Waals surface area contributed by atoms with E-state index in [2.05, 4.69) is 18.8 Å². The summed E-state index contributed by atoms with van der Waals surface area (Å²) in [5, 5.41) is 0. The van der Waals surface area contributed by atoms with Crippen LogP contribution in [-0.4, -0.2) is 5.78 Å². The van der Waals surface area contributed by atoms with E-state index < -0.39 is 0 Å². The van der Waals surface area contributed by atoms with Gasteiger partial charge < -0.3 is 0 Å². The van der Waals surface area contributed by atoms with Gasteiger partial charge in [0.05, 0.1) is 0 Å². The minimum absolute atomic E-state index is 0.211. The zero-order chi connectivity index (χ0) is 11.8. The van der Waals surface area contributed by atoms with Crippen LogP contribution in [0.25, 0.3) is 0 Å². The van der Waals surface area contributed by atoms with Crippen LogP contribution in [0.5, 0.6) is 0 Å². The van der Waals surface area contributed by atoms with E-state index in [-0.39, 0.29) is 11.7 Å². The Morgan fingerprint density at radius 1 is 1.31 bits per heavy atom. The van der Waals surface area contributed by atoms with E-state index in [1.54, 1.807) is 6.92 Å². The number of hydrogen-bond donors (Lipinski definition) is 0. The Hall–Kier alpha value is -1.55. The van der Waals surface area contributed by atoms with Gasteiger partial charge in [-0.1, -0.05) is 43.4 Å². The molecule has 0 aliphatic heterocycles. The molecule has 0 aliphatic carbocycles. The summed E-state index contributed by atoms with van der Waals surface area (Å²) in [4.78, 5) is 11.1. The van der Waals surface area contributed by atoms with Gasteiger partial charge in [-0.3, -0.25) is 4.79 Å². The van der Waals surface area contributed by atoms with Crippen LogP contribution < -0.4 is 0 Å². The minimum atomic E-state index is 0.211. The van der Waals surface area contributed by atoms with E-state index in [1.165, 1.54) is 0 Å². The van der Waals surface area contributed by atoms with Crippen LogP contribution in [0, 0.1) is 17.8 Å². The average molecular weight is 214 g/mol. The molecule has 0 amide bonds. The maximum atomic E-state index is 11.1. The molecule has 0 heterocycles. The van der Waals surface area contributed by atoms with Crippen LogP contribution in [0.1, 0.15) is 38.7 Å². The van der Waals surface area contributed by atoms with Gasteiger partial charge in [0.25, 0.3) is 0 Å². The fourth-order valence-electron chi connectivity index (χ4n) is 1.63. The van der Waals surface area contributed by atoms with Gasteiger partial charge in [-0.25, -0.2) is 0 Å². The van der Waals surface area contributed by atoms with Gasteiger partial charge in [-0.2, -0.15) is 0 Å². The lowest BCUT2D eigenvalue weighted by molar-refractivity contribution is -0.117. The Bertz CT molecular complexity index is 381. The molecule has 84 valence electrons. The van der Waals surface area contributed by atoms with Crippen molar-refractivity contribution in [3.05, 3.63) is 35.9 Å². The van der Waals surface area contributed by atoms with Crippen molar-refractivity contribution in [3.63, 3.8) is 0 Å². The molecule has 1 aromatic carbocycles. The molecule has 1 atom stereocenters. The number of rotatable bonds is 4. The molecular formula is C15H18O. The molecule has 1 aromatic rings. The molecule has 1 rings (SSSR count). The highest BCUT2D eigenvalue weighted by molar-refractivity contribution is 5.76. The van der Waals surface area contributed by atoms with E-state index >= 15 is 0 Å². The lowest BCUT2D eigenvalue weighted by atomic mass is 9.98. The highest BCUT2D eigenvalue weighted by atomic mass is 16.1. The van der Waals surface area contributed by atoms with Crippen LogP contribution in [-0.2, 0) is 4.79 Å². The second-order valence-corrected chi connectivity index (χ2v) is 4.03. The summed E-state index contributed by atoms with van der Waals surface area (Å²) in [5.74, 6) is 6.76. The monoisotopic (exact) mass is 214 g/mol. The smallest absolute Gasteiger partial charge is 0.131 e. The fraction of sp³-hybridized carbons (Fsp3) is 0.400. The maximum Gasteiger partial charge on any atom is 0.131 e. The number of carbonyl (C=O) groups excluding carboxylic acids is 1. The molecular weight excluding hydrogens is 196 g/mol. The van der Waals surface area contributed by atoms with Crippen molar-refractivity contribution in [2.75, 3.05) is 0 Å². The highest BCUT2D eigenvalue weighted by Gasteiger charge is 2.06. The molecule has 0 aliphatic rings. The van der Waals surface area contributed by atoms with Gasteiger partial charge in [0, 0.05) is 17.9 Å². The Kier molecular flexibility index (Phi) is 5.36. The van der Waals surface area contributed by atoms with Gasteiger partial charge in [0.1, 0.15) is 5.78 Å². The summed E-state index contributed by atoms with van der Waals surface area (Å²) in [6.45, 7) is 3.75. The molecule has 1 unspecified atom stereocenters. The standard InChI is InChI=1S/C15H18O/c1-3-7-15(12-13(2)16)11-10-14-8-5-4-6-9-14/h4-6,8-9,15H,3,7,12H2,1-2H3. The Morgan fingerprint density at radius 2 is 2.00 bits per heavy atom. The van der Waals surface area contributed by atoms with Gasteiger partial charge in [-0.15, -0.1) is 0 Å². The van der Waals surface area contributed by atoms with E-state index in [0.717, 1.165) is 18.4 Å². The second-order valence-electron chi connectivity index (χ2n) is 4.03. The first-order valence-electron chi connectivity index (χ1n) is 5.78. The predicted molar refractivity (Wildman–Crippen MR) is 67.0 cm³/mol. The van der Waals surface area contributed by atoms with E-state index in [1.807, 2.05) is 30.3 Å². The van der Waals surface area contributed by atoms with Gasteiger partial charge >= 0.3 is 0 Å². The summed E-state index contributed by atoms with van der Waals surface area (Å²) in [7, 11) is 0. The van der Waals surface area contributed by atoms with Crippen molar-refractivity contribution in [3.8, 4) is 11.8 Å². The molecule has 1 heteroatoms. The molecule has 0 saturated heterocycles. The largest absolute Gasteiger partial charge is 0.300 e. The highest BCUT2D eigenvalue weighted by Crippen LogP contribution is 2.10. The van der Waals surface area contributed by atoms with Gasteiger partial charge in [0.2, 0.25) is 0 Å².